The quantitative estimate of drug-likeness (QED) is 0.518. The molecule has 3 N–H and O–H groups in total. The molecule has 10 heteroatoms. The van der Waals surface area contributed by atoms with Gasteiger partial charge in [0.05, 0.1) is 10.5 Å². The van der Waals surface area contributed by atoms with E-state index in [1.54, 1.807) is 25.1 Å². The van der Waals surface area contributed by atoms with Crippen molar-refractivity contribution in [2.24, 2.45) is 5.92 Å². The highest BCUT2D eigenvalue weighted by Crippen LogP contribution is 2.22. The zero-order chi connectivity index (χ0) is 23.9. The fourth-order valence-electron chi connectivity index (χ4n) is 2.65. The number of carbonyl (C=O) groups is 3. The van der Waals surface area contributed by atoms with E-state index in [1.165, 1.54) is 18.2 Å². The molecule has 0 saturated carbocycles. The Kier molecular flexibility index (Phi) is 8.36. The van der Waals surface area contributed by atoms with Crippen LogP contribution < -0.4 is 15.4 Å². The van der Waals surface area contributed by atoms with Crippen LogP contribution in [-0.4, -0.2) is 39.5 Å². The van der Waals surface area contributed by atoms with Crippen molar-refractivity contribution >= 4 is 33.6 Å². The fourth-order valence-corrected chi connectivity index (χ4v) is 3.97. The van der Waals surface area contributed by atoms with Gasteiger partial charge < -0.3 is 10.1 Å². The summed E-state index contributed by atoms with van der Waals surface area (Å²) in [6.45, 7) is 6.93. The van der Waals surface area contributed by atoms with Crippen molar-refractivity contribution in [2.45, 2.75) is 32.6 Å². The molecule has 0 radical (unpaired) electrons. The highest BCUT2D eigenvalue weighted by atomic mass is 32.2. The second-order valence-electron chi connectivity index (χ2n) is 7.68. The Morgan fingerprint density at radius 3 is 2.41 bits per heavy atom. The number of carbonyl (C=O) groups excluding carboxylic acids is 3. The fraction of sp³-hybridized carbons (Fsp3) is 0.318. The van der Waals surface area contributed by atoms with Gasteiger partial charge in [0.2, 0.25) is 0 Å². The van der Waals surface area contributed by atoms with E-state index < -0.39 is 34.5 Å². The van der Waals surface area contributed by atoms with Crippen LogP contribution in [0.2, 0.25) is 0 Å². The van der Waals surface area contributed by atoms with Crippen molar-refractivity contribution in [3.8, 4) is 0 Å². The van der Waals surface area contributed by atoms with E-state index in [0.717, 1.165) is 5.56 Å². The van der Waals surface area contributed by atoms with Gasteiger partial charge in [-0.2, -0.15) is 0 Å². The van der Waals surface area contributed by atoms with Crippen molar-refractivity contribution in [3.63, 3.8) is 0 Å². The minimum Gasteiger partial charge on any atom is -0.452 e. The van der Waals surface area contributed by atoms with Crippen LogP contribution in [0.15, 0.2) is 47.4 Å². The van der Waals surface area contributed by atoms with Crippen LogP contribution in [0.5, 0.6) is 0 Å². The molecule has 3 amide bonds. The molecule has 0 unspecified atom stereocenters. The predicted octanol–water partition coefficient (Wildman–Crippen LogP) is 2.74. The molecule has 2 rings (SSSR count). The number of aryl methyl sites for hydroxylation is 2. The molecule has 0 fully saturated rings. The number of sulfonamides is 1. The average molecular weight is 462 g/mol. The van der Waals surface area contributed by atoms with Crippen molar-refractivity contribution in [3.05, 3.63) is 59.2 Å². The van der Waals surface area contributed by atoms with Gasteiger partial charge in [0.25, 0.3) is 15.9 Å². The van der Waals surface area contributed by atoms with Crippen molar-refractivity contribution in [1.82, 2.24) is 10.6 Å². The summed E-state index contributed by atoms with van der Waals surface area (Å²) in [6.07, 6.45) is 0. The zero-order valence-corrected chi connectivity index (χ0v) is 19.2. The van der Waals surface area contributed by atoms with E-state index in [-0.39, 0.29) is 16.4 Å². The normalized spacial score (nSPS) is 11.0. The molecule has 0 atom stereocenters. The molecule has 172 valence electrons. The second-order valence-corrected chi connectivity index (χ2v) is 9.33. The molecular formula is C22H27N3O6S. The van der Waals surface area contributed by atoms with Crippen LogP contribution in [0, 0.1) is 19.8 Å². The molecule has 0 aliphatic rings. The first-order valence-electron chi connectivity index (χ1n) is 9.93. The second kappa shape index (κ2) is 10.8. The summed E-state index contributed by atoms with van der Waals surface area (Å²) in [6, 6.07) is 10.2. The number of hydrogen-bond donors (Lipinski definition) is 3. The molecule has 0 aliphatic heterocycles. The minimum absolute atomic E-state index is 0.0442. The van der Waals surface area contributed by atoms with Crippen molar-refractivity contribution in [2.75, 3.05) is 17.9 Å². The monoisotopic (exact) mass is 461 g/mol. The summed E-state index contributed by atoms with van der Waals surface area (Å²) < 4.78 is 33.1. The molecule has 32 heavy (non-hydrogen) atoms. The van der Waals surface area contributed by atoms with Crippen LogP contribution in [0.1, 0.15) is 35.3 Å². The highest BCUT2D eigenvalue weighted by Gasteiger charge is 2.20. The molecule has 0 saturated heterocycles. The maximum atomic E-state index is 12.8. The minimum atomic E-state index is -3.97. The van der Waals surface area contributed by atoms with E-state index in [9.17, 15) is 22.8 Å². The van der Waals surface area contributed by atoms with Crippen LogP contribution in [0.3, 0.4) is 0 Å². The summed E-state index contributed by atoms with van der Waals surface area (Å²) in [5, 5.41) is 4.55. The lowest BCUT2D eigenvalue weighted by Gasteiger charge is -2.12. The zero-order valence-electron chi connectivity index (χ0n) is 18.4. The SMILES string of the molecule is Cc1cccc(NS(=O)(=O)c2cc(C(=O)OCC(=O)NC(=O)NCC(C)C)ccc2C)c1. The smallest absolute Gasteiger partial charge is 0.338 e. The Balaban J connectivity index is 2.05. The number of amides is 3. The number of rotatable bonds is 8. The van der Waals surface area contributed by atoms with Gasteiger partial charge in [-0.3, -0.25) is 14.8 Å². The van der Waals surface area contributed by atoms with Crippen molar-refractivity contribution < 1.29 is 27.5 Å². The van der Waals surface area contributed by atoms with Crippen LogP contribution in [0.4, 0.5) is 10.5 Å². The number of urea groups is 1. The third-order valence-corrected chi connectivity index (χ3v) is 5.77. The van der Waals surface area contributed by atoms with E-state index in [2.05, 4.69) is 10.0 Å². The first-order chi connectivity index (χ1) is 15.0. The highest BCUT2D eigenvalue weighted by molar-refractivity contribution is 7.92. The largest absolute Gasteiger partial charge is 0.452 e. The van der Waals surface area contributed by atoms with Gasteiger partial charge in [0.1, 0.15) is 0 Å². The lowest BCUT2D eigenvalue weighted by Crippen LogP contribution is -2.42. The topological polar surface area (TPSA) is 131 Å². The predicted molar refractivity (Wildman–Crippen MR) is 120 cm³/mol. The number of anilines is 1. The van der Waals surface area contributed by atoms with Gasteiger partial charge >= 0.3 is 12.0 Å². The Morgan fingerprint density at radius 2 is 1.75 bits per heavy atom. The first-order valence-corrected chi connectivity index (χ1v) is 11.4. The number of benzene rings is 2. The number of ether oxygens (including phenoxy) is 1. The van der Waals surface area contributed by atoms with Crippen LogP contribution >= 0.6 is 0 Å². The number of nitrogens with one attached hydrogen (secondary N) is 3. The summed E-state index contributed by atoms with van der Waals surface area (Å²) in [5.74, 6) is -1.49. The Morgan fingerprint density at radius 1 is 1.03 bits per heavy atom. The molecular weight excluding hydrogens is 434 g/mol. The van der Waals surface area contributed by atoms with Gasteiger partial charge in [-0.05, 0) is 55.2 Å². The lowest BCUT2D eigenvalue weighted by atomic mass is 10.1. The Bertz CT molecular complexity index is 1110. The van der Waals surface area contributed by atoms with Gasteiger partial charge in [-0.1, -0.05) is 32.0 Å². The molecule has 9 nitrogen and oxygen atoms in total. The van der Waals surface area contributed by atoms with Gasteiger partial charge in [-0.25, -0.2) is 18.0 Å². The lowest BCUT2D eigenvalue weighted by molar-refractivity contribution is -0.123. The maximum absolute atomic E-state index is 12.8. The Hall–Kier alpha value is -3.40. The molecule has 0 spiro atoms. The summed E-state index contributed by atoms with van der Waals surface area (Å²) in [7, 11) is -3.97. The summed E-state index contributed by atoms with van der Waals surface area (Å²) in [4.78, 5) is 35.6. The molecule has 0 heterocycles. The molecule has 2 aromatic carbocycles. The standard InChI is InChI=1S/C22H27N3O6S/c1-14(2)12-23-22(28)24-20(26)13-31-21(27)17-9-8-16(4)19(11-17)32(29,30)25-18-7-5-6-15(3)10-18/h5-11,14,25H,12-13H2,1-4H3,(H2,23,24,26,28). The molecule has 0 aromatic heterocycles. The third kappa shape index (κ3) is 7.38. The molecule has 0 bridgehead atoms. The van der Waals surface area contributed by atoms with Crippen LogP contribution in [0.25, 0.3) is 0 Å². The number of hydrogen-bond acceptors (Lipinski definition) is 6. The van der Waals surface area contributed by atoms with E-state index >= 15 is 0 Å². The van der Waals surface area contributed by atoms with Gasteiger partial charge in [0.15, 0.2) is 6.61 Å². The Labute approximate surface area is 187 Å². The first kappa shape index (κ1) is 24.9. The number of esters is 1. The van der Waals surface area contributed by atoms with Crippen LogP contribution in [-0.2, 0) is 19.6 Å². The summed E-state index contributed by atoms with van der Waals surface area (Å²) >= 11 is 0. The summed E-state index contributed by atoms with van der Waals surface area (Å²) in [5.41, 5.74) is 1.67. The molecule has 0 aliphatic carbocycles. The average Bonchev–Trinajstić information content (AvgIpc) is 2.70. The maximum Gasteiger partial charge on any atom is 0.338 e. The van der Waals surface area contributed by atoms with Gasteiger partial charge in [-0.15, -0.1) is 0 Å². The number of imide groups is 1. The third-order valence-electron chi connectivity index (χ3n) is 4.24. The van der Waals surface area contributed by atoms with Gasteiger partial charge in [0, 0.05) is 12.2 Å². The van der Waals surface area contributed by atoms with E-state index in [1.807, 2.05) is 32.2 Å². The van der Waals surface area contributed by atoms with E-state index in [4.69, 9.17) is 4.74 Å². The molecule has 2 aromatic rings. The van der Waals surface area contributed by atoms with Crippen molar-refractivity contribution in [1.29, 1.82) is 0 Å². The van der Waals surface area contributed by atoms with E-state index in [0.29, 0.717) is 17.8 Å².